The summed E-state index contributed by atoms with van der Waals surface area (Å²) in [6, 6.07) is 0. The predicted octanol–water partition coefficient (Wildman–Crippen LogP) is 1.91. The fraction of sp³-hybridized carbons (Fsp3) is 0.600. The summed E-state index contributed by atoms with van der Waals surface area (Å²) in [5.74, 6) is 1.62. The second-order valence-corrected chi connectivity index (χ2v) is 3.80. The maximum atomic E-state index is 11.3. The summed E-state index contributed by atoms with van der Waals surface area (Å²) in [5, 5.41) is 0. The second-order valence-electron chi connectivity index (χ2n) is 3.80. The van der Waals surface area contributed by atoms with Crippen molar-refractivity contribution >= 4 is 5.78 Å². The number of nitrogens with zero attached hydrogens (tertiary/aromatic N) is 1. The molecule has 0 aliphatic heterocycles. The van der Waals surface area contributed by atoms with E-state index in [0.29, 0.717) is 5.89 Å². The van der Waals surface area contributed by atoms with E-state index in [4.69, 9.17) is 4.42 Å². The minimum Gasteiger partial charge on any atom is -0.445 e. The van der Waals surface area contributed by atoms with Gasteiger partial charge in [-0.05, 0) is 33.6 Å². The van der Waals surface area contributed by atoms with E-state index < -0.39 is 0 Å². The molecule has 0 aromatic carbocycles. The molecule has 1 aromatic rings. The van der Waals surface area contributed by atoms with Gasteiger partial charge in [0.15, 0.2) is 0 Å². The molecule has 1 heterocycles. The van der Waals surface area contributed by atoms with Crippen molar-refractivity contribution < 1.29 is 9.21 Å². The van der Waals surface area contributed by atoms with Gasteiger partial charge in [-0.2, -0.15) is 0 Å². The molecule has 1 saturated carbocycles. The molecule has 0 radical (unpaired) electrons. The van der Waals surface area contributed by atoms with Gasteiger partial charge in [-0.25, -0.2) is 4.98 Å². The molecule has 3 nitrogen and oxygen atoms in total. The molecule has 0 unspecified atom stereocenters. The molecule has 1 aliphatic rings. The molecule has 0 atom stereocenters. The quantitative estimate of drug-likeness (QED) is 0.696. The Morgan fingerprint density at radius 1 is 1.46 bits per heavy atom. The molecule has 3 heteroatoms. The van der Waals surface area contributed by atoms with Crippen molar-refractivity contribution in [3.8, 4) is 0 Å². The Morgan fingerprint density at radius 3 is 2.38 bits per heavy atom. The van der Waals surface area contributed by atoms with Crippen LogP contribution in [0.25, 0.3) is 0 Å². The van der Waals surface area contributed by atoms with E-state index in [9.17, 15) is 4.79 Å². The first kappa shape index (κ1) is 8.48. The van der Waals surface area contributed by atoms with Crippen molar-refractivity contribution in [3.63, 3.8) is 0 Å². The molecule has 0 N–H and O–H groups in total. The number of ketones is 1. The second kappa shape index (κ2) is 2.44. The number of hydrogen-bond donors (Lipinski definition) is 0. The van der Waals surface area contributed by atoms with E-state index in [2.05, 4.69) is 4.98 Å². The van der Waals surface area contributed by atoms with Crippen LogP contribution in [-0.4, -0.2) is 10.8 Å². The van der Waals surface area contributed by atoms with Crippen LogP contribution in [0.1, 0.15) is 37.1 Å². The van der Waals surface area contributed by atoms with E-state index in [-0.39, 0.29) is 11.2 Å². The number of aryl methyl sites for hydroxylation is 2. The Morgan fingerprint density at radius 2 is 2.08 bits per heavy atom. The van der Waals surface area contributed by atoms with Crippen LogP contribution in [0, 0.1) is 13.8 Å². The lowest BCUT2D eigenvalue weighted by atomic mass is 10.0. The van der Waals surface area contributed by atoms with Gasteiger partial charge in [-0.15, -0.1) is 0 Å². The Hall–Kier alpha value is -1.12. The summed E-state index contributed by atoms with van der Waals surface area (Å²) < 4.78 is 5.47. The van der Waals surface area contributed by atoms with Gasteiger partial charge in [0.1, 0.15) is 17.0 Å². The number of oxazole rings is 1. The van der Waals surface area contributed by atoms with Gasteiger partial charge in [-0.1, -0.05) is 0 Å². The van der Waals surface area contributed by atoms with Crippen molar-refractivity contribution in [2.75, 3.05) is 0 Å². The highest BCUT2D eigenvalue weighted by Crippen LogP contribution is 2.48. The van der Waals surface area contributed by atoms with E-state index >= 15 is 0 Å². The minimum atomic E-state index is -0.362. The normalized spacial score (nSPS) is 18.7. The average molecular weight is 179 g/mol. The van der Waals surface area contributed by atoms with Crippen molar-refractivity contribution in [2.24, 2.45) is 0 Å². The largest absolute Gasteiger partial charge is 0.445 e. The molecule has 1 aromatic heterocycles. The Labute approximate surface area is 77.2 Å². The summed E-state index contributed by atoms with van der Waals surface area (Å²) >= 11 is 0. The maximum absolute atomic E-state index is 11.3. The molecular formula is C10H13NO2. The average Bonchev–Trinajstić information content (AvgIpc) is 2.77. The third-order valence-electron chi connectivity index (χ3n) is 2.86. The van der Waals surface area contributed by atoms with Crippen molar-refractivity contribution in [1.82, 2.24) is 4.98 Å². The highest BCUT2D eigenvalue weighted by Gasteiger charge is 2.53. The molecule has 1 aliphatic carbocycles. The van der Waals surface area contributed by atoms with Crippen LogP contribution >= 0.6 is 0 Å². The predicted molar refractivity (Wildman–Crippen MR) is 47.6 cm³/mol. The van der Waals surface area contributed by atoms with Crippen molar-refractivity contribution in [3.05, 3.63) is 17.3 Å². The fourth-order valence-corrected chi connectivity index (χ4v) is 1.52. The highest BCUT2D eigenvalue weighted by molar-refractivity contribution is 5.89. The summed E-state index contributed by atoms with van der Waals surface area (Å²) in [7, 11) is 0. The number of hydrogen-bond acceptors (Lipinski definition) is 3. The standard InChI is InChI=1S/C10H13NO2/c1-6-7(2)13-9(11-6)10(4-5-10)8(3)12/h4-5H2,1-3H3. The van der Waals surface area contributed by atoms with Gasteiger partial charge in [-0.3, -0.25) is 4.79 Å². The third kappa shape index (κ3) is 1.10. The van der Waals surface area contributed by atoms with Crippen LogP contribution in [0.2, 0.25) is 0 Å². The van der Waals surface area contributed by atoms with Crippen LogP contribution in [0.3, 0.4) is 0 Å². The highest BCUT2D eigenvalue weighted by atomic mass is 16.4. The smallest absolute Gasteiger partial charge is 0.208 e. The van der Waals surface area contributed by atoms with E-state index in [0.717, 1.165) is 24.3 Å². The Bertz CT molecular complexity index is 342. The summed E-state index contributed by atoms with van der Waals surface area (Å²) in [4.78, 5) is 15.6. The summed E-state index contributed by atoms with van der Waals surface area (Å²) in [6.07, 6.45) is 1.78. The van der Waals surface area contributed by atoms with Gasteiger partial charge in [0.2, 0.25) is 5.89 Å². The zero-order valence-corrected chi connectivity index (χ0v) is 8.18. The lowest BCUT2D eigenvalue weighted by molar-refractivity contribution is -0.119. The molecule has 1 fully saturated rings. The van der Waals surface area contributed by atoms with Crippen LogP contribution in [0.4, 0.5) is 0 Å². The summed E-state index contributed by atoms with van der Waals surface area (Å²) in [6.45, 7) is 5.39. The maximum Gasteiger partial charge on any atom is 0.208 e. The van der Waals surface area contributed by atoms with Crippen LogP contribution in [0.5, 0.6) is 0 Å². The van der Waals surface area contributed by atoms with Crippen molar-refractivity contribution in [1.29, 1.82) is 0 Å². The van der Waals surface area contributed by atoms with E-state index in [1.54, 1.807) is 6.92 Å². The molecule has 2 rings (SSSR count). The van der Waals surface area contributed by atoms with Gasteiger partial charge in [0.25, 0.3) is 0 Å². The van der Waals surface area contributed by atoms with Gasteiger partial charge in [0.05, 0.1) is 5.69 Å². The molecule has 0 saturated heterocycles. The Kier molecular flexibility index (Phi) is 1.59. The fourth-order valence-electron chi connectivity index (χ4n) is 1.52. The Balaban J connectivity index is 2.41. The van der Waals surface area contributed by atoms with Crippen molar-refractivity contribution in [2.45, 2.75) is 39.0 Å². The van der Waals surface area contributed by atoms with Gasteiger partial charge >= 0.3 is 0 Å². The molecule has 70 valence electrons. The SMILES string of the molecule is CC(=O)C1(c2nc(C)c(C)o2)CC1. The third-order valence-corrected chi connectivity index (χ3v) is 2.86. The first-order chi connectivity index (χ1) is 6.06. The number of carbonyl (C=O) groups is 1. The van der Waals surface area contributed by atoms with Gasteiger partial charge in [0, 0.05) is 0 Å². The molecule has 0 spiro atoms. The number of carbonyl (C=O) groups excluding carboxylic acids is 1. The number of aromatic nitrogens is 1. The molecular weight excluding hydrogens is 166 g/mol. The van der Waals surface area contributed by atoms with Crippen LogP contribution in [0.15, 0.2) is 4.42 Å². The topological polar surface area (TPSA) is 43.1 Å². The van der Waals surface area contributed by atoms with Crippen LogP contribution in [-0.2, 0) is 10.2 Å². The van der Waals surface area contributed by atoms with E-state index in [1.807, 2.05) is 13.8 Å². The number of Topliss-reactive ketones (excluding diaryl/α,β-unsaturated/α-hetero) is 1. The van der Waals surface area contributed by atoms with Gasteiger partial charge < -0.3 is 4.42 Å². The monoisotopic (exact) mass is 179 g/mol. The summed E-state index contributed by atoms with van der Waals surface area (Å²) in [5.41, 5.74) is 0.529. The molecule has 0 bridgehead atoms. The zero-order chi connectivity index (χ0) is 9.64. The lowest BCUT2D eigenvalue weighted by Gasteiger charge is -2.04. The lowest BCUT2D eigenvalue weighted by Crippen LogP contribution is -2.17. The minimum absolute atomic E-state index is 0.175. The molecule has 0 amide bonds. The zero-order valence-electron chi connectivity index (χ0n) is 8.18. The van der Waals surface area contributed by atoms with E-state index in [1.165, 1.54) is 0 Å². The molecule has 13 heavy (non-hydrogen) atoms. The first-order valence-electron chi connectivity index (χ1n) is 4.52. The number of rotatable bonds is 2. The first-order valence-corrected chi connectivity index (χ1v) is 4.52. The van der Waals surface area contributed by atoms with Crippen LogP contribution < -0.4 is 0 Å².